The largest absolute Gasteiger partial charge is 0.468 e. The van der Waals surface area contributed by atoms with E-state index in [1.54, 1.807) is 18.2 Å². The van der Waals surface area contributed by atoms with Gasteiger partial charge in [0, 0.05) is 25.7 Å². The van der Waals surface area contributed by atoms with Crippen LogP contribution in [-0.2, 0) is 38.1 Å². The first-order valence-electron chi connectivity index (χ1n) is 13.3. The molecule has 2 aliphatic carbocycles. The van der Waals surface area contributed by atoms with Crippen LogP contribution >= 0.6 is 0 Å². The minimum atomic E-state index is -1.14. The van der Waals surface area contributed by atoms with E-state index < -0.39 is 29.5 Å². The highest BCUT2D eigenvalue weighted by Crippen LogP contribution is 2.40. The van der Waals surface area contributed by atoms with Crippen molar-refractivity contribution in [3.05, 3.63) is 77.3 Å². The Hall–Kier alpha value is -3.81. The second-order valence-electron chi connectivity index (χ2n) is 10.0. The Morgan fingerprint density at radius 2 is 1.32 bits per heavy atom. The fourth-order valence-electron chi connectivity index (χ4n) is 5.34. The van der Waals surface area contributed by atoms with Gasteiger partial charge in [-0.05, 0) is 49.0 Å². The van der Waals surface area contributed by atoms with Crippen LogP contribution in [0.4, 0.5) is 0 Å². The molecular weight excluding hydrogens is 488 g/mol. The summed E-state index contributed by atoms with van der Waals surface area (Å²) < 4.78 is 28.4. The Morgan fingerprint density at radius 1 is 0.763 bits per heavy atom. The molecule has 2 spiro atoms. The molecule has 1 aromatic rings. The van der Waals surface area contributed by atoms with Gasteiger partial charge in [-0.2, -0.15) is 0 Å². The molecule has 1 aromatic carbocycles. The van der Waals surface area contributed by atoms with Crippen molar-refractivity contribution in [1.29, 1.82) is 0 Å². The van der Waals surface area contributed by atoms with Gasteiger partial charge in [0.25, 0.3) is 17.5 Å². The molecule has 3 fully saturated rings. The number of methoxy groups -OCH3 is 1. The van der Waals surface area contributed by atoms with Crippen LogP contribution in [0.15, 0.2) is 71.7 Å². The molecule has 2 heterocycles. The predicted octanol–water partition coefficient (Wildman–Crippen LogP) is 5.40. The third kappa shape index (κ3) is 5.39. The molecule has 1 saturated heterocycles. The molecule has 0 amide bonds. The fourth-order valence-corrected chi connectivity index (χ4v) is 5.34. The van der Waals surface area contributed by atoms with E-state index in [4.69, 9.17) is 23.7 Å². The van der Waals surface area contributed by atoms with Crippen LogP contribution in [0.1, 0.15) is 69.8 Å². The van der Waals surface area contributed by atoms with Crippen molar-refractivity contribution in [3.8, 4) is 0 Å². The van der Waals surface area contributed by atoms with Crippen LogP contribution in [0.3, 0.4) is 0 Å². The van der Waals surface area contributed by atoms with E-state index in [-0.39, 0.29) is 17.1 Å². The van der Waals surface area contributed by atoms with Gasteiger partial charge in [-0.3, -0.25) is 0 Å². The lowest BCUT2D eigenvalue weighted by Crippen LogP contribution is -2.47. The third-order valence-corrected chi connectivity index (χ3v) is 7.38. The van der Waals surface area contributed by atoms with Gasteiger partial charge in [-0.25, -0.2) is 14.4 Å². The van der Waals surface area contributed by atoms with Crippen molar-refractivity contribution in [1.82, 2.24) is 0 Å². The summed E-state index contributed by atoms with van der Waals surface area (Å²) in [6, 6.07) is 9.36. The summed E-state index contributed by atoms with van der Waals surface area (Å²) in [6.07, 6.45) is 14.1. The number of hydrogen-bond acceptors (Lipinski definition) is 8. The molecule has 0 N–H and O–H groups in total. The molecule has 2 saturated carbocycles. The minimum absolute atomic E-state index is 0.113. The summed E-state index contributed by atoms with van der Waals surface area (Å²) in [7, 11) is 1.45. The Balaban J connectivity index is 1.43. The Morgan fingerprint density at radius 3 is 1.89 bits per heavy atom. The van der Waals surface area contributed by atoms with Crippen molar-refractivity contribution in [2.24, 2.45) is 0 Å². The minimum Gasteiger partial charge on any atom is -0.468 e. The lowest BCUT2D eigenvalue weighted by Gasteiger charge is -2.39. The van der Waals surface area contributed by atoms with Gasteiger partial charge in [-0.15, -0.1) is 0 Å². The second-order valence-corrected chi connectivity index (χ2v) is 10.0. The first-order valence-corrected chi connectivity index (χ1v) is 13.3. The highest BCUT2D eigenvalue weighted by Gasteiger charge is 2.47. The van der Waals surface area contributed by atoms with E-state index in [1.165, 1.54) is 13.2 Å². The van der Waals surface area contributed by atoms with Crippen molar-refractivity contribution in [2.45, 2.75) is 75.8 Å². The summed E-state index contributed by atoms with van der Waals surface area (Å²) >= 11 is 0. The van der Waals surface area contributed by atoms with Gasteiger partial charge < -0.3 is 23.7 Å². The van der Waals surface area contributed by atoms with Crippen molar-refractivity contribution in [2.75, 3.05) is 7.11 Å². The maximum Gasteiger partial charge on any atom is 0.348 e. The van der Waals surface area contributed by atoms with Gasteiger partial charge in [0.1, 0.15) is 11.1 Å². The van der Waals surface area contributed by atoms with E-state index in [2.05, 4.69) is 0 Å². The average molecular weight is 521 g/mol. The zero-order valence-corrected chi connectivity index (χ0v) is 21.5. The van der Waals surface area contributed by atoms with Crippen molar-refractivity contribution in [3.63, 3.8) is 0 Å². The molecule has 8 nitrogen and oxygen atoms in total. The molecule has 5 rings (SSSR count). The molecule has 0 unspecified atom stereocenters. The van der Waals surface area contributed by atoms with Crippen LogP contribution in [0.2, 0.25) is 0 Å². The van der Waals surface area contributed by atoms with Gasteiger partial charge in [0.05, 0.1) is 7.11 Å². The SMILES string of the molecule is COC1=C(/C=C/C(=C/C=C2C(=O)OC3(CCCCC3)OC2=O)c2ccccc2)C(=O)OC2(CCCCC2)O1. The lowest BCUT2D eigenvalue weighted by molar-refractivity contribution is -0.251. The Bertz CT molecular complexity index is 1190. The average Bonchev–Trinajstić information content (AvgIpc) is 2.92. The summed E-state index contributed by atoms with van der Waals surface area (Å²) in [6.45, 7) is 0. The van der Waals surface area contributed by atoms with E-state index in [0.717, 1.165) is 44.1 Å². The van der Waals surface area contributed by atoms with Crippen LogP contribution in [0.25, 0.3) is 5.57 Å². The third-order valence-electron chi connectivity index (χ3n) is 7.38. The number of rotatable bonds is 5. The molecule has 8 heteroatoms. The van der Waals surface area contributed by atoms with E-state index in [9.17, 15) is 14.4 Å². The molecular formula is C30H32O8. The number of benzene rings is 1. The van der Waals surface area contributed by atoms with Crippen LogP contribution in [0, 0.1) is 0 Å². The standard InChI is InChI=1S/C30H32O8/c1-34-28-24(27(33)37-30(38-28)19-9-4-10-20-30)16-14-22(21-11-5-2-6-12-21)13-15-23-25(31)35-29(36-26(23)32)17-7-3-8-18-29/h2,5-6,11-16H,3-4,7-10,17-20H2,1H3/b16-14+,22-13-. The number of hydrogen-bond donors (Lipinski definition) is 0. The summed E-state index contributed by atoms with van der Waals surface area (Å²) in [5, 5.41) is 0. The molecule has 0 atom stereocenters. The number of ether oxygens (including phenoxy) is 5. The molecule has 2 aliphatic heterocycles. The summed E-state index contributed by atoms with van der Waals surface area (Å²) in [5.41, 5.74) is 1.40. The highest BCUT2D eigenvalue weighted by molar-refractivity contribution is 6.15. The maximum atomic E-state index is 13.0. The molecule has 0 aromatic heterocycles. The van der Waals surface area contributed by atoms with E-state index >= 15 is 0 Å². The van der Waals surface area contributed by atoms with Gasteiger partial charge >= 0.3 is 17.9 Å². The molecule has 4 aliphatic rings. The smallest absolute Gasteiger partial charge is 0.348 e. The van der Waals surface area contributed by atoms with Crippen LogP contribution in [-0.4, -0.2) is 36.6 Å². The topological polar surface area (TPSA) is 97.4 Å². The first kappa shape index (κ1) is 25.8. The van der Waals surface area contributed by atoms with Crippen LogP contribution in [0.5, 0.6) is 0 Å². The quantitative estimate of drug-likeness (QED) is 0.220. The van der Waals surface area contributed by atoms with E-state index in [0.29, 0.717) is 31.3 Å². The Labute approximate surface area is 221 Å². The molecule has 200 valence electrons. The van der Waals surface area contributed by atoms with Crippen molar-refractivity contribution < 1.29 is 38.1 Å². The summed E-state index contributed by atoms with van der Waals surface area (Å²) in [4.78, 5) is 38.5. The molecule has 38 heavy (non-hydrogen) atoms. The number of allylic oxidation sites excluding steroid dienone is 4. The summed E-state index contributed by atoms with van der Waals surface area (Å²) in [5.74, 6) is -3.91. The lowest BCUT2D eigenvalue weighted by atomic mass is 9.93. The number of carbonyl (C=O) groups excluding carboxylic acids is 3. The van der Waals surface area contributed by atoms with E-state index in [1.807, 2.05) is 30.3 Å². The second kappa shape index (κ2) is 10.9. The first-order chi connectivity index (χ1) is 18.4. The van der Waals surface area contributed by atoms with Gasteiger partial charge in [0.2, 0.25) is 0 Å². The van der Waals surface area contributed by atoms with Gasteiger partial charge in [-0.1, -0.05) is 55.3 Å². The number of esters is 3. The fraction of sp³-hybridized carbons (Fsp3) is 0.433. The monoisotopic (exact) mass is 520 g/mol. The normalized spacial score (nSPS) is 23.1. The maximum absolute atomic E-state index is 13.0. The highest BCUT2D eigenvalue weighted by atomic mass is 16.8. The predicted molar refractivity (Wildman–Crippen MR) is 137 cm³/mol. The zero-order chi connectivity index (χ0) is 26.6. The molecule has 0 radical (unpaired) electrons. The van der Waals surface area contributed by atoms with Crippen molar-refractivity contribution >= 4 is 23.5 Å². The Kier molecular flexibility index (Phi) is 7.40. The zero-order valence-electron chi connectivity index (χ0n) is 21.5. The van der Waals surface area contributed by atoms with Gasteiger partial charge in [0.15, 0.2) is 0 Å². The van der Waals surface area contributed by atoms with Crippen LogP contribution < -0.4 is 0 Å². The molecule has 0 bridgehead atoms. The number of carbonyl (C=O) groups is 3.